The monoisotopic (exact) mass is 424 g/mol. The molecule has 0 bridgehead atoms. The Bertz CT molecular complexity index is 584. The molecule has 0 spiro atoms. The van der Waals surface area contributed by atoms with Crippen molar-refractivity contribution < 1.29 is 29.3 Å². The van der Waals surface area contributed by atoms with Crippen LogP contribution in [0.5, 0.6) is 0 Å². The molecular weight excluding hydrogens is 384 g/mol. The number of carbonyl (C=O) groups excluding carboxylic acids is 2. The highest BCUT2D eigenvalue weighted by atomic mass is 16.6. The third-order valence-electron chi connectivity index (χ3n) is 7.05. The van der Waals surface area contributed by atoms with E-state index in [0.29, 0.717) is 36.5 Å². The summed E-state index contributed by atoms with van der Waals surface area (Å²) in [6, 6.07) is 0. The van der Waals surface area contributed by atoms with Gasteiger partial charge in [-0.05, 0) is 61.2 Å². The lowest BCUT2D eigenvalue weighted by molar-refractivity contribution is -0.159. The molecular formula is C24H40O6. The lowest BCUT2D eigenvalue weighted by atomic mass is 9.75. The zero-order valence-electron chi connectivity index (χ0n) is 19.4. The van der Waals surface area contributed by atoms with Crippen molar-refractivity contribution in [2.24, 2.45) is 35.5 Å². The van der Waals surface area contributed by atoms with Gasteiger partial charge in [0.25, 0.3) is 11.5 Å². The van der Waals surface area contributed by atoms with E-state index in [9.17, 15) is 19.8 Å². The summed E-state index contributed by atoms with van der Waals surface area (Å²) in [5, 5.41) is 20.4. The normalized spacial score (nSPS) is 33.2. The van der Waals surface area contributed by atoms with Crippen LogP contribution in [0, 0.1) is 35.5 Å². The van der Waals surface area contributed by atoms with Crippen molar-refractivity contribution in [2.45, 2.75) is 92.3 Å². The van der Waals surface area contributed by atoms with E-state index in [1.807, 2.05) is 0 Å². The predicted molar refractivity (Wildman–Crippen MR) is 115 cm³/mol. The topological polar surface area (TPSA) is 93.1 Å². The Hall–Kier alpha value is -1.72. The van der Waals surface area contributed by atoms with Gasteiger partial charge in [-0.3, -0.25) is 0 Å². The fraction of sp³-hybridized carbons (Fsp3) is 0.833. The summed E-state index contributed by atoms with van der Waals surface area (Å²) in [5.41, 5.74) is 0. The molecule has 0 aromatic rings. The second-order valence-electron chi connectivity index (χ2n) is 10.2. The van der Waals surface area contributed by atoms with E-state index < -0.39 is 23.5 Å². The molecule has 2 aliphatic rings. The fourth-order valence-electron chi connectivity index (χ4n) is 5.08. The van der Waals surface area contributed by atoms with Crippen LogP contribution >= 0.6 is 0 Å². The second-order valence-corrected chi connectivity index (χ2v) is 10.2. The summed E-state index contributed by atoms with van der Waals surface area (Å²) >= 11 is 0. The predicted octanol–water partition coefficient (Wildman–Crippen LogP) is 5.32. The van der Waals surface area contributed by atoms with Gasteiger partial charge < -0.3 is 19.7 Å². The van der Waals surface area contributed by atoms with Gasteiger partial charge in [-0.2, -0.15) is 0 Å². The van der Waals surface area contributed by atoms with E-state index >= 15 is 0 Å². The third kappa shape index (κ3) is 6.14. The summed E-state index contributed by atoms with van der Waals surface area (Å²) in [6.45, 7) is 12.6. The number of esters is 2. The van der Waals surface area contributed by atoms with Gasteiger partial charge in [-0.25, -0.2) is 9.59 Å². The first kappa shape index (κ1) is 24.5. The van der Waals surface area contributed by atoms with Crippen LogP contribution in [0.25, 0.3) is 0 Å². The van der Waals surface area contributed by atoms with E-state index in [-0.39, 0.29) is 24.0 Å². The highest BCUT2D eigenvalue weighted by Crippen LogP contribution is 2.37. The minimum atomic E-state index is -1.06. The van der Waals surface area contributed by atoms with Crippen LogP contribution in [-0.4, -0.2) is 34.4 Å². The Labute approximate surface area is 181 Å². The van der Waals surface area contributed by atoms with Gasteiger partial charge in [0.05, 0.1) is 0 Å². The Balaban J connectivity index is 2.06. The highest BCUT2D eigenvalue weighted by Gasteiger charge is 2.37. The second kappa shape index (κ2) is 10.5. The number of hydrogen-bond donors (Lipinski definition) is 2. The van der Waals surface area contributed by atoms with E-state index in [4.69, 9.17) is 9.47 Å². The maximum atomic E-state index is 12.5. The van der Waals surface area contributed by atoms with Crippen molar-refractivity contribution >= 4 is 11.9 Å². The molecule has 0 aromatic heterocycles. The molecule has 0 aliphatic heterocycles. The van der Waals surface area contributed by atoms with Crippen molar-refractivity contribution in [3.8, 4) is 0 Å². The van der Waals surface area contributed by atoms with E-state index in [1.54, 1.807) is 0 Å². The summed E-state index contributed by atoms with van der Waals surface area (Å²) in [6.07, 6.45) is 4.80. The van der Waals surface area contributed by atoms with Gasteiger partial charge in [0.2, 0.25) is 0 Å². The van der Waals surface area contributed by atoms with Crippen LogP contribution < -0.4 is 0 Å². The average Bonchev–Trinajstić information content (AvgIpc) is 2.66. The smallest absolute Gasteiger partial charge is 0.377 e. The number of hydrogen-bond acceptors (Lipinski definition) is 6. The van der Waals surface area contributed by atoms with Crippen LogP contribution in [0.3, 0.4) is 0 Å². The molecule has 2 rings (SSSR count). The zero-order chi connectivity index (χ0) is 22.6. The van der Waals surface area contributed by atoms with E-state index in [0.717, 1.165) is 25.7 Å². The van der Waals surface area contributed by atoms with Crippen molar-refractivity contribution in [3.05, 3.63) is 11.5 Å². The third-order valence-corrected chi connectivity index (χ3v) is 7.05. The Morgan fingerprint density at radius 2 is 1.03 bits per heavy atom. The molecule has 30 heavy (non-hydrogen) atoms. The van der Waals surface area contributed by atoms with Gasteiger partial charge in [-0.1, -0.05) is 54.4 Å². The molecule has 0 aromatic carbocycles. The fourth-order valence-corrected chi connectivity index (χ4v) is 5.08. The molecule has 2 saturated carbocycles. The van der Waals surface area contributed by atoms with Crippen molar-refractivity contribution in [1.82, 2.24) is 0 Å². The van der Waals surface area contributed by atoms with Crippen molar-refractivity contribution in [1.29, 1.82) is 0 Å². The van der Waals surface area contributed by atoms with Crippen LogP contribution in [0.4, 0.5) is 0 Å². The number of aliphatic hydroxyl groups excluding tert-OH is 2. The first-order chi connectivity index (χ1) is 14.0. The molecule has 6 nitrogen and oxygen atoms in total. The van der Waals surface area contributed by atoms with Crippen LogP contribution in [0.1, 0.15) is 80.1 Å². The van der Waals surface area contributed by atoms with Gasteiger partial charge in [0.1, 0.15) is 12.2 Å². The molecule has 2 fully saturated rings. The summed E-state index contributed by atoms with van der Waals surface area (Å²) in [5.74, 6) is -2.35. The zero-order valence-corrected chi connectivity index (χ0v) is 19.4. The average molecular weight is 425 g/mol. The first-order valence-electron chi connectivity index (χ1n) is 11.5. The van der Waals surface area contributed by atoms with Crippen LogP contribution in [0.2, 0.25) is 0 Å². The van der Waals surface area contributed by atoms with Gasteiger partial charge in [0.15, 0.2) is 0 Å². The summed E-state index contributed by atoms with van der Waals surface area (Å²) in [4.78, 5) is 24.9. The molecule has 0 radical (unpaired) electrons. The molecule has 2 aliphatic carbocycles. The maximum Gasteiger partial charge on any atom is 0.377 e. The maximum absolute atomic E-state index is 12.5. The first-order valence-corrected chi connectivity index (χ1v) is 11.5. The Morgan fingerprint density at radius 3 is 1.33 bits per heavy atom. The number of aliphatic hydroxyl groups is 2. The lowest BCUT2D eigenvalue weighted by Crippen LogP contribution is -2.37. The molecule has 6 atom stereocenters. The Kier molecular flexibility index (Phi) is 8.62. The quantitative estimate of drug-likeness (QED) is 0.340. The van der Waals surface area contributed by atoms with E-state index in [1.165, 1.54) is 0 Å². The van der Waals surface area contributed by atoms with E-state index in [2.05, 4.69) is 41.5 Å². The highest BCUT2D eigenvalue weighted by molar-refractivity contribution is 5.97. The summed E-state index contributed by atoms with van der Waals surface area (Å²) in [7, 11) is 0. The van der Waals surface area contributed by atoms with Gasteiger partial charge in [0, 0.05) is 0 Å². The molecule has 0 amide bonds. The Morgan fingerprint density at radius 1 is 0.700 bits per heavy atom. The largest absolute Gasteiger partial charge is 0.499 e. The molecule has 1 unspecified atom stereocenters. The van der Waals surface area contributed by atoms with Gasteiger partial charge >= 0.3 is 11.9 Å². The van der Waals surface area contributed by atoms with Crippen molar-refractivity contribution in [3.63, 3.8) is 0 Å². The summed E-state index contributed by atoms with van der Waals surface area (Å²) < 4.78 is 11.0. The minimum absolute atomic E-state index is 0.197. The SMILES string of the molecule is CC(C)[C@@H]1CC[C@@H](C)CC1OC(=O)/C(O)=C(\O)C(=O)O[C@@H]1C[C@H](C)CC[C@H]1C(C)C. The minimum Gasteiger partial charge on any atom is -0.499 e. The van der Waals surface area contributed by atoms with Crippen LogP contribution in [0.15, 0.2) is 11.5 Å². The molecule has 0 heterocycles. The number of ether oxygens (including phenoxy) is 2. The molecule has 6 heteroatoms. The standard InChI is InChI=1S/C24H40O6/c1-13(2)17-9-7-15(5)11-19(17)29-23(27)21(25)22(26)24(28)30-20-12-16(6)8-10-18(20)14(3)4/h13-20,25-26H,7-12H2,1-6H3/b22-21+/t15-,16-,17+,18+,19-,20?/m1/s1. The molecule has 2 N–H and O–H groups in total. The van der Waals surface area contributed by atoms with Gasteiger partial charge in [-0.15, -0.1) is 0 Å². The lowest BCUT2D eigenvalue weighted by Gasteiger charge is -2.37. The van der Waals surface area contributed by atoms with Crippen LogP contribution in [-0.2, 0) is 19.1 Å². The molecule has 0 saturated heterocycles. The molecule has 172 valence electrons. The number of rotatable bonds is 6. The number of carbonyl (C=O) groups is 2. The van der Waals surface area contributed by atoms with Crippen molar-refractivity contribution in [2.75, 3.05) is 0 Å².